The fourth-order valence-corrected chi connectivity index (χ4v) is 6.00. The van der Waals surface area contributed by atoms with Gasteiger partial charge in [-0.15, -0.1) is 0 Å². The molecule has 1 saturated carbocycles. The molecule has 0 saturated heterocycles. The quantitative estimate of drug-likeness (QED) is 0.242. The smallest absolute Gasteiger partial charge is 0.310 e. The molecule has 1 aromatic heterocycles. The Morgan fingerprint density at radius 1 is 1.02 bits per heavy atom. The van der Waals surface area contributed by atoms with Crippen molar-refractivity contribution < 1.29 is 19.1 Å². The van der Waals surface area contributed by atoms with E-state index in [0.29, 0.717) is 17.7 Å². The number of carboxylic acid groups (broad SMARTS) is 1. The molecular formula is C34H32FN3O3. The lowest BCUT2D eigenvalue weighted by atomic mass is 9.71. The molecule has 0 aliphatic heterocycles. The second-order valence-electron chi connectivity index (χ2n) is 11.0. The third kappa shape index (κ3) is 6.44. The molecule has 41 heavy (non-hydrogen) atoms. The van der Waals surface area contributed by atoms with Crippen molar-refractivity contribution in [3.05, 3.63) is 107 Å². The Morgan fingerprint density at radius 3 is 2.39 bits per heavy atom. The highest BCUT2D eigenvalue weighted by Gasteiger charge is 2.33. The molecule has 0 spiro atoms. The van der Waals surface area contributed by atoms with Crippen LogP contribution in [-0.2, 0) is 16.0 Å². The molecule has 0 radical (unpaired) electrons. The lowest BCUT2D eigenvalue weighted by Gasteiger charge is -2.34. The highest BCUT2D eigenvalue weighted by atomic mass is 19.1. The second kappa shape index (κ2) is 12.3. The van der Waals surface area contributed by atoms with Crippen LogP contribution in [0.3, 0.4) is 0 Å². The van der Waals surface area contributed by atoms with E-state index in [0.717, 1.165) is 53.3 Å². The van der Waals surface area contributed by atoms with Crippen molar-refractivity contribution in [3.8, 4) is 6.07 Å². The summed E-state index contributed by atoms with van der Waals surface area (Å²) in [5, 5.41) is 22.4. The fourth-order valence-electron chi connectivity index (χ4n) is 6.00. The van der Waals surface area contributed by atoms with Gasteiger partial charge in [0.05, 0.1) is 23.1 Å². The summed E-state index contributed by atoms with van der Waals surface area (Å²) in [7, 11) is 0. The number of carbonyl (C=O) groups is 2. The molecule has 2 N–H and O–H groups in total. The number of halogens is 1. The standard InChI is InChI=1S/C34H32FN3O3/c1-21(34(40)41)24-6-2-22(3-7-24)18-30(33(39)38-28-13-4-23(20-36)5-14-28)26-10-8-25(9-11-26)29-16-17-37-32-15-12-27(35)19-31(29)32/h2-7,12-17,19,21,25-26,30H,8-11,18H2,1H3,(H,38,39)(H,40,41)/t21?,25-,26+,30-/m1/s1. The summed E-state index contributed by atoms with van der Waals surface area (Å²) in [6.45, 7) is 1.66. The van der Waals surface area contributed by atoms with E-state index in [4.69, 9.17) is 5.26 Å². The van der Waals surface area contributed by atoms with E-state index < -0.39 is 11.9 Å². The van der Waals surface area contributed by atoms with Crippen molar-refractivity contribution in [3.63, 3.8) is 0 Å². The Hall–Kier alpha value is -4.57. The van der Waals surface area contributed by atoms with Gasteiger partial charge in [-0.1, -0.05) is 24.3 Å². The zero-order valence-corrected chi connectivity index (χ0v) is 22.9. The monoisotopic (exact) mass is 549 g/mol. The number of carbonyl (C=O) groups excluding carboxylic acids is 1. The number of aliphatic carboxylic acids is 1. The Balaban J connectivity index is 1.35. The number of fused-ring (bicyclic) bond motifs is 1. The van der Waals surface area contributed by atoms with E-state index in [1.165, 1.54) is 6.07 Å². The van der Waals surface area contributed by atoms with Crippen LogP contribution in [-0.4, -0.2) is 22.0 Å². The average molecular weight is 550 g/mol. The van der Waals surface area contributed by atoms with Crippen molar-refractivity contribution in [2.75, 3.05) is 5.32 Å². The molecule has 208 valence electrons. The van der Waals surface area contributed by atoms with Gasteiger partial charge in [-0.3, -0.25) is 14.6 Å². The molecule has 0 bridgehead atoms. The molecule has 6 nitrogen and oxygen atoms in total. The summed E-state index contributed by atoms with van der Waals surface area (Å²) >= 11 is 0. The van der Waals surface area contributed by atoms with E-state index >= 15 is 0 Å². The maximum Gasteiger partial charge on any atom is 0.310 e. The number of amides is 1. The van der Waals surface area contributed by atoms with Crippen LogP contribution < -0.4 is 5.32 Å². The number of anilines is 1. The minimum absolute atomic E-state index is 0.0717. The van der Waals surface area contributed by atoms with Crippen LogP contribution in [0.15, 0.2) is 79.0 Å². The molecule has 4 aromatic rings. The molecule has 5 rings (SSSR count). The van der Waals surface area contributed by atoms with Crippen LogP contribution in [0, 0.1) is 29.0 Å². The van der Waals surface area contributed by atoms with E-state index in [1.807, 2.05) is 30.3 Å². The van der Waals surface area contributed by atoms with Gasteiger partial charge in [-0.05, 0) is 116 Å². The number of rotatable bonds is 8. The van der Waals surface area contributed by atoms with E-state index in [-0.39, 0.29) is 29.5 Å². The number of carboxylic acids is 1. The van der Waals surface area contributed by atoms with E-state index in [1.54, 1.807) is 49.5 Å². The van der Waals surface area contributed by atoms with Crippen molar-refractivity contribution in [2.24, 2.45) is 11.8 Å². The number of aromatic nitrogens is 1. The molecule has 3 aromatic carbocycles. The summed E-state index contributed by atoms with van der Waals surface area (Å²) in [5.41, 5.74) is 4.76. The molecule has 1 amide bonds. The summed E-state index contributed by atoms with van der Waals surface area (Å²) in [6.07, 6.45) is 5.78. The van der Waals surface area contributed by atoms with Crippen LogP contribution in [0.25, 0.3) is 10.9 Å². The first-order chi connectivity index (χ1) is 19.8. The number of hydrogen-bond donors (Lipinski definition) is 2. The molecule has 1 unspecified atom stereocenters. The highest BCUT2D eigenvalue weighted by molar-refractivity contribution is 5.93. The number of benzene rings is 3. The Bertz CT molecular complexity index is 1590. The Labute approximate surface area is 238 Å². The number of nitriles is 1. The van der Waals surface area contributed by atoms with Crippen molar-refractivity contribution in [1.29, 1.82) is 5.26 Å². The van der Waals surface area contributed by atoms with Crippen LogP contribution in [0.4, 0.5) is 10.1 Å². The summed E-state index contributed by atoms with van der Waals surface area (Å²) < 4.78 is 14.1. The third-order valence-electron chi connectivity index (χ3n) is 8.44. The van der Waals surface area contributed by atoms with Crippen molar-refractivity contribution in [1.82, 2.24) is 4.98 Å². The lowest BCUT2D eigenvalue weighted by Crippen LogP contribution is -2.33. The lowest BCUT2D eigenvalue weighted by molar-refractivity contribution is -0.138. The summed E-state index contributed by atoms with van der Waals surface area (Å²) in [6, 6.07) is 23.1. The summed E-state index contributed by atoms with van der Waals surface area (Å²) in [5.74, 6) is -1.71. The van der Waals surface area contributed by atoms with Crippen molar-refractivity contribution in [2.45, 2.75) is 50.9 Å². The predicted molar refractivity (Wildman–Crippen MR) is 156 cm³/mol. The van der Waals surface area contributed by atoms with Gasteiger partial charge in [-0.2, -0.15) is 5.26 Å². The van der Waals surface area contributed by atoms with E-state index in [9.17, 15) is 19.1 Å². The SMILES string of the molecule is CC(C(=O)O)c1ccc(C[C@@H](C(=O)Nc2ccc(C#N)cc2)[C@H]2CC[C@@H](c3ccnc4ccc(F)cc43)CC2)cc1. The first-order valence-corrected chi connectivity index (χ1v) is 14.0. The molecule has 1 aliphatic rings. The zero-order chi connectivity index (χ0) is 28.9. The minimum Gasteiger partial charge on any atom is -0.481 e. The number of nitrogens with zero attached hydrogens (tertiary/aromatic N) is 2. The van der Waals surface area contributed by atoms with Gasteiger partial charge in [-0.25, -0.2) is 4.39 Å². The van der Waals surface area contributed by atoms with Crippen LogP contribution in [0.5, 0.6) is 0 Å². The average Bonchev–Trinajstić information content (AvgIpc) is 3.00. The third-order valence-corrected chi connectivity index (χ3v) is 8.44. The maximum atomic E-state index is 14.1. The van der Waals surface area contributed by atoms with Crippen LogP contribution in [0.1, 0.15) is 66.7 Å². The number of pyridine rings is 1. The minimum atomic E-state index is -0.876. The maximum absolute atomic E-state index is 14.1. The second-order valence-corrected chi connectivity index (χ2v) is 11.0. The van der Waals surface area contributed by atoms with Crippen LogP contribution in [0.2, 0.25) is 0 Å². The molecule has 2 atom stereocenters. The van der Waals surface area contributed by atoms with Gasteiger partial charge in [0.2, 0.25) is 5.91 Å². The topological polar surface area (TPSA) is 103 Å². The van der Waals surface area contributed by atoms with Gasteiger partial charge in [0.25, 0.3) is 0 Å². The van der Waals surface area contributed by atoms with Gasteiger partial charge >= 0.3 is 5.97 Å². The Kier molecular flexibility index (Phi) is 8.39. The largest absolute Gasteiger partial charge is 0.481 e. The van der Waals surface area contributed by atoms with Crippen LogP contribution >= 0.6 is 0 Å². The van der Waals surface area contributed by atoms with Gasteiger partial charge in [0, 0.05) is 23.2 Å². The molecule has 1 heterocycles. The molecule has 7 heteroatoms. The number of hydrogen-bond acceptors (Lipinski definition) is 4. The summed E-state index contributed by atoms with van der Waals surface area (Å²) in [4.78, 5) is 29.5. The van der Waals surface area contributed by atoms with Gasteiger partial charge in [0.15, 0.2) is 0 Å². The zero-order valence-electron chi connectivity index (χ0n) is 22.9. The first kappa shape index (κ1) is 28.0. The van der Waals surface area contributed by atoms with Gasteiger partial charge in [0.1, 0.15) is 5.82 Å². The normalized spacial score (nSPS) is 18.3. The van der Waals surface area contributed by atoms with Crippen molar-refractivity contribution >= 4 is 28.5 Å². The van der Waals surface area contributed by atoms with E-state index in [2.05, 4.69) is 16.4 Å². The Morgan fingerprint density at radius 2 is 1.73 bits per heavy atom. The fraction of sp³-hybridized carbons (Fsp3) is 0.294. The highest BCUT2D eigenvalue weighted by Crippen LogP contribution is 2.42. The predicted octanol–water partition coefficient (Wildman–Crippen LogP) is 7.21. The molecule has 1 fully saturated rings. The first-order valence-electron chi connectivity index (χ1n) is 14.0. The molecular weight excluding hydrogens is 517 g/mol. The molecule has 1 aliphatic carbocycles. The number of nitrogens with one attached hydrogen (secondary N) is 1. The van der Waals surface area contributed by atoms with Gasteiger partial charge < -0.3 is 10.4 Å².